The lowest BCUT2D eigenvalue weighted by Gasteiger charge is -2.22. The fraction of sp³-hybridized carbons (Fsp3) is 0.500. The smallest absolute Gasteiger partial charge is 0.258 e. The normalized spacial score (nSPS) is 17.6. The van der Waals surface area contributed by atoms with E-state index >= 15 is 0 Å². The molecule has 26 heavy (non-hydrogen) atoms. The van der Waals surface area contributed by atoms with E-state index in [1.807, 2.05) is 27.7 Å². The monoisotopic (exact) mass is 355 g/mol. The first-order valence-electron chi connectivity index (χ1n) is 8.83. The van der Waals surface area contributed by atoms with Crippen LogP contribution < -0.4 is 0 Å². The minimum absolute atomic E-state index is 0.0846. The van der Waals surface area contributed by atoms with Crippen molar-refractivity contribution < 1.29 is 13.8 Å². The minimum atomic E-state index is -0.203. The SMILES string of the molecule is Cc1cc(C(=O)N2CCCC2c2nc(C(C)C)no2)c2c(C)noc2n1. The summed E-state index contributed by atoms with van der Waals surface area (Å²) in [5, 5.41) is 8.66. The molecule has 3 aromatic heterocycles. The summed E-state index contributed by atoms with van der Waals surface area (Å²) in [6, 6.07) is 1.59. The number of nitrogens with zero attached hydrogens (tertiary/aromatic N) is 5. The molecule has 136 valence electrons. The molecule has 1 amide bonds. The Morgan fingerprint density at radius 1 is 1.23 bits per heavy atom. The quantitative estimate of drug-likeness (QED) is 0.710. The Hall–Kier alpha value is -2.77. The molecule has 1 aliphatic rings. The Morgan fingerprint density at radius 3 is 2.77 bits per heavy atom. The van der Waals surface area contributed by atoms with Crippen LogP contribution in [-0.4, -0.2) is 37.6 Å². The largest absolute Gasteiger partial charge is 0.337 e. The number of amides is 1. The summed E-state index contributed by atoms with van der Waals surface area (Å²) in [6.45, 7) is 8.32. The van der Waals surface area contributed by atoms with E-state index in [2.05, 4.69) is 20.3 Å². The first-order chi connectivity index (χ1) is 12.5. The lowest BCUT2D eigenvalue weighted by Crippen LogP contribution is -2.31. The summed E-state index contributed by atoms with van der Waals surface area (Å²) >= 11 is 0. The van der Waals surface area contributed by atoms with Crippen LogP contribution in [0.1, 0.15) is 72.1 Å². The van der Waals surface area contributed by atoms with E-state index < -0.39 is 0 Å². The van der Waals surface area contributed by atoms with Gasteiger partial charge in [-0.3, -0.25) is 4.79 Å². The van der Waals surface area contributed by atoms with Crippen molar-refractivity contribution >= 4 is 17.0 Å². The van der Waals surface area contributed by atoms with E-state index in [4.69, 9.17) is 9.05 Å². The maximum Gasteiger partial charge on any atom is 0.258 e. The predicted molar refractivity (Wildman–Crippen MR) is 92.7 cm³/mol. The molecule has 1 atom stereocenters. The second-order valence-electron chi connectivity index (χ2n) is 7.06. The fourth-order valence-corrected chi connectivity index (χ4v) is 3.42. The summed E-state index contributed by atoms with van der Waals surface area (Å²) in [5.41, 5.74) is 2.32. The van der Waals surface area contributed by atoms with E-state index in [9.17, 15) is 4.79 Å². The highest BCUT2D eigenvalue weighted by molar-refractivity contribution is 6.06. The lowest BCUT2D eigenvalue weighted by atomic mass is 10.1. The topological polar surface area (TPSA) is 98.2 Å². The van der Waals surface area contributed by atoms with Crippen LogP contribution in [0.3, 0.4) is 0 Å². The Morgan fingerprint density at radius 2 is 2.04 bits per heavy atom. The van der Waals surface area contributed by atoms with Gasteiger partial charge in [-0.1, -0.05) is 24.2 Å². The average Bonchev–Trinajstić information content (AvgIpc) is 3.32. The number of hydrogen-bond acceptors (Lipinski definition) is 7. The van der Waals surface area contributed by atoms with E-state index in [1.54, 1.807) is 11.0 Å². The zero-order valence-corrected chi connectivity index (χ0v) is 15.3. The molecule has 8 nitrogen and oxygen atoms in total. The number of likely N-dealkylation sites (tertiary alicyclic amines) is 1. The van der Waals surface area contributed by atoms with Gasteiger partial charge in [0.1, 0.15) is 6.04 Å². The van der Waals surface area contributed by atoms with Crippen LogP contribution >= 0.6 is 0 Å². The lowest BCUT2D eigenvalue weighted by molar-refractivity contribution is 0.0712. The maximum absolute atomic E-state index is 13.3. The van der Waals surface area contributed by atoms with Gasteiger partial charge in [0.15, 0.2) is 5.82 Å². The first kappa shape index (κ1) is 16.7. The summed E-state index contributed by atoms with van der Waals surface area (Å²) in [4.78, 5) is 23.9. The zero-order valence-electron chi connectivity index (χ0n) is 15.3. The predicted octanol–water partition coefficient (Wildman–Crippen LogP) is 3.32. The van der Waals surface area contributed by atoms with E-state index in [-0.39, 0.29) is 17.9 Å². The third-order valence-electron chi connectivity index (χ3n) is 4.75. The highest BCUT2D eigenvalue weighted by atomic mass is 16.5. The van der Waals surface area contributed by atoms with Gasteiger partial charge >= 0.3 is 0 Å². The second-order valence-corrected chi connectivity index (χ2v) is 7.06. The Labute approximate surface area is 150 Å². The van der Waals surface area contributed by atoms with Crippen molar-refractivity contribution in [1.82, 2.24) is 25.2 Å². The van der Waals surface area contributed by atoms with E-state index in [0.29, 0.717) is 46.3 Å². The van der Waals surface area contributed by atoms with Gasteiger partial charge in [-0.05, 0) is 32.8 Å². The Bertz CT molecular complexity index is 975. The van der Waals surface area contributed by atoms with Crippen LogP contribution in [0.2, 0.25) is 0 Å². The highest BCUT2D eigenvalue weighted by Crippen LogP contribution is 2.34. The second kappa shape index (κ2) is 6.19. The summed E-state index contributed by atoms with van der Waals surface area (Å²) in [7, 11) is 0. The molecular weight excluding hydrogens is 334 g/mol. The van der Waals surface area contributed by atoms with E-state index in [0.717, 1.165) is 12.8 Å². The molecule has 3 aromatic rings. The summed E-state index contributed by atoms with van der Waals surface area (Å²) < 4.78 is 10.7. The molecule has 0 saturated carbocycles. The molecule has 0 aromatic carbocycles. The number of carbonyl (C=O) groups excluding carboxylic acids is 1. The number of pyridine rings is 1. The van der Waals surface area contributed by atoms with Gasteiger partial charge in [-0.15, -0.1) is 0 Å². The van der Waals surface area contributed by atoms with Crippen molar-refractivity contribution in [2.45, 2.75) is 52.5 Å². The molecule has 0 N–H and O–H groups in total. The molecule has 1 unspecified atom stereocenters. The standard InChI is InChI=1S/C18H21N5O3/c1-9(2)15-20-16(25-22-15)13-6-5-7-23(13)18(24)12-8-10(3)19-17-14(12)11(4)21-26-17/h8-9,13H,5-7H2,1-4H3. The zero-order chi connectivity index (χ0) is 18.4. The molecule has 1 fully saturated rings. The van der Waals surface area contributed by atoms with Gasteiger partial charge in [0.2, 0.25) is 5.89 Å². The molecular formula is C18H21N5O3. The molecule has 0 spiro atoms. The summed E-state index contributed by atoms with van der Waals surface area (Å²) in [6.07, 6.45) is 1.70. The molecule has 1 aliphatic heterocycles. The van der Waals surface area contributed by atoms with E-state index in [1.165, 1.54) is 0 Å². The van der Waals surface area contributed by atoms with Gasteiger partial charge in [-0.25, -0.2) is 4.98 Å². The third-order valence-corrected chi connectivity index (χ3v) is 4.75. The molecule has 0 bridgehead atoms. The number of fused-ring (bicyclic) bond motifs is 1. The number of aryl methyl sites for hydroxylation is 2. The third kappa shape index (κ3) is 2.65. The van der Waals surface area contributed by atoms with Crippen LogP contribution in [-0.2, 0) is 0 Å². The van der Waals surface area contributed by atoms with Crippen molar-refractivity contribution in [3.63, 3.8) is 0 Å². The van der Waals surface area contributed by atoms with Crippen molar-refractivity contribution in [2.24, 2.45) is 0 Å². The van der Waals surface area contributed by atoms with Crippen LogP contribution in [0.5, 0.6) is 0 Å². The van der Waals surface area contributed by atoms with Crippen molar-refractivity contribution in [3.05, 3.63) is 34.7 Å². The molecule has 4 heterocycles. The Kier molecular flexibility index (Phi) is 3.97. The first-order valence-corrected chi connectivity index (χ1v) is 8.83. The minimum Gasteiger partial charge on any atom is -0.337 e. The van der Waals surface area contributed by atoms with Crippen LogP contribution in [0.4, 0.5) is 0 Å². The Balaban J connectivity index is 1.72. The van der Waals surface area contributed by atoms with Gasteiger partial charge in [0.25, 0.3) is 11.6 Å². The molecule has 4 rings (SSSR count). The van der Waals surface area contributed by atoms with Crippen molar-refractivity contribution in [1.29, 1.82) is 0 Å². The molecule has 8 heteroatoms. The molecule has 1 saturated heterocycles. The van der Waals surface area contributed by atoms with Crippen molar-refractivity contribution in [2.75, 3.05) is 6.54 Å². The number of hydrogen-bond donors (Lipinski definition) is 0. The van der Waals surface area contributed by atoms with Gasteiger partial charge in [0, 0.05) is 18.2 Å². The van der Waals surface area contributed by atoms with Gasteiger partial charge in [-0.2, -0.15) is 4.98 Å². The molecule has 0 aliphatic carbocycles. The highest BCUT2D eigenvalue weighted by Gasteiger charge is 2.36. The summed E-state index contributed by atoms with van der Waals surface area (Å²) in [5.74, 6) is 1.26. The number of rotatable bonds is 3. The van der Waals surface area contributed by atoms with Crippen LogP contribution in [0.25, 0.3) is 11.1 Å². The average molecular weight is 355 g/mol. The number of aromatic nitrogens is 4. The van der Waals surface area contributed by atoms with Crippen LogP contribution in [0.15, 0.2) is 15.1 Å². The van der Waals surface area contributed by atoms with Crippen molar-refractivity contribution in [3.8, 4) is 0 Å². The molecule has 0 radical (unpaired) electrons. The number of carbonyl (C=O) groups is 1. The van der Waals surface area contributed by atoms with Crippen LogP contribution in [0, 0.1) is 13.8 Å². The maximum atomic E-state index is 13.3. The fourth-order valence-electron chi connectivity index (χ4n) is 3.42. The van der Waals surface area contributed by atoms with Gasteiger partial charge < -0.3 is 13.9 Å². The van der Waals surface area contributed by atoms with Gasteiger partial charge in [0.05, 0.1) is 16.6 Å².